The van der Waals surface area contributed by atoms with E-state index in [-0.39, 0.29) is 11.4 Å². The van der Waals surface area contributed by atoms with E-state index in [4.69, 9.17) is 9.47 Å². The molecule has 0 fully saturated rings. The lowest BCUT2D eigenvalue weighted by atomic mass is 10.0. The van der Waals surface area contributed by atoms with Gasteiger partial charge in [-0.1, -0.05) is 0 Å². The molecular weight excluding hydrogens is 409 g/mol. The maximum Gasteiger partial charge on any atom is 0.403 e. The van der Waals surface area contributed by atoms with E-state index < -0.39 is 26.9 Å². The van der Waals surface area contributed by atoms with Crippen LogP contribution in [0.4, 0.5) is 13.2 Å². The van der Waals surface area contributed by atoms with Crippen molar-refractivity contribution in [3.05, 3.63) is 48.5 Å². The number of hydrogen-bond donors (Lipinski definition) is 1. The van der Waals surface area contributed by atoms with E-state index in [1.54, 1.807) is 48.5 Å². The molecule has 3 rings (SSSR count). The second kappa shape index (κ2) is 7.78. The van der Waals surface area contributed by atoms with Gasteiger partial charge in [0, 0.05) is 11.1 Å². The van der Waals surface area contributed by atoms with Crippen molar-refractivity contribution in [3.8, 4) is 34.0 Å². The topological polar surface area (TPSA) is 81.3 Å². The Bertz CT molecular complexity index is 1020. The highest BCUT2D eigenvalue weighted by atomic mass is 32.2. The predicted octanol–water partition coefficient (Wildman–Crippen LogP) is 4.10. The van der Waals surface area contributed by atoms with E-state index in [9.17, 15) is 21.6 Å². The van der Waals surface area contributed by atoms with Gasteiger partial charge in [-0.3, -0.25) is 0 Å². The summed E-state index contributed by atoms with van der Waals surface area (Å²) in [5, 5.41) is -0.744. The van der Waals surface area contributed by atoms with Crippen LogP contribution in [0.3, 0.4) is 0 Å². The molecule has 0 bridgehead atoms. The molecule has 29 heavy (non-hydrogen) atoms. The summed E-state index contributed by atoms with van der Waals surface area (Å²) < 4.78 is 72.8. The molecule has 0 saturated carbocycles. The monoisotopic (exact) mass is 426 g/mol. The highest BCUT2D eigenvalue weighted by Crippen LogP contribution is 2.34. The lowest BCUT2D eigenvalue weighted by Crippen LogP contribution is -2.23. The Morgan fingerprint density at radius 3 is 1.83 bits per heavy atom. The van der Waals surface area contributed by atoms with Crippen molar-refractivity contribution < 1.29 is 31.1 Å². The molecule has 2 aromatic carbocycles. The van der Waals surface area contributed by atoms with Crippen LogP contribution in [0.2, 0.25) is 0 Å². The van der Waals surface area contributed by atoms with Crippen LogP contribution >= 0.6 is 0 Å². The molecule has 0 unspecified atom stereocenters. The Balaban J connectivity index is 2.14. The number of rotatable bonds is 6. The second-order valence-electron chi connectivity index (χ2n) is 6.10. The van der Waals surface area contributed by atoms with Crippen LogP contribution < -0.4 is 9.47 Å². The highest BCUT2D eigenvalue weighted by molar-refractivity contribution is 7.91. The van der Waals surface area contributed by atoms with Crippen LogP contribution in [0.1, 0.15) is 0 Å². The molecule has 1 aromatic heterocycles. The maximum absolute atomic E-state index is 12.7. The van der Waals surface area contributed by atoms with Crippen LogP contribution in [0.5, 0.6) is 11.5 Å². The van der Waals surface area contributed by atoms with Crippen LogP contribution in [-0.4, -0.2) is 44.5 Å². The summed E-state index contributed by atoms with van der Waals surface area (Å²) >= 11 is 0. The molecule has 1 N–H and O–H groups in total. The van der Waals surface area contributed by atoms with Crippen molar-refractivity contribution in [3.63, 3.8) is 0 Å². The molecule has 0 aliphatic heterocycles. The number of halogens is 3. The van der Waals surface area contributed by atoms with Crippen molar-refractivity contribution in [1.29, 1.82) is 0 Å². The van der Waals surface area contributed by atoms with Crippen molar-refractivity contribution in [2.75, 3.05) is 20.0 Å². The summed E-state index contributed by atoms with van der Waals surface area (Å²) in [4.78, 5) is 6.55. The smallest absolute Gasteiger partial charge is 0.403 e. The van der Waals surface area contributed by atoms with Gasteiger partial charge >= 0.3 is 6.18 Å². The summed E-state index contributed by atoms with van der Waals surface area (Å²) in [5.41, 5.74) is 1.54. The first kappa shape index (κ1) is 20.7. The molecule has 0 saturated heterocycles. The fraction of sp³-hybridized carbons (Fsp3) is 0.211. The Hall–Kier alpha value is -3.01. The fourth-order valence-electron chi connectivity index (χ4n) is 2.71. The lowest BCUT2D eigenvalue weighted by molar-refractivity contribution is -0.106. The van der Waals surface area contributed by atoms with Gasteiger partial charge in [-0.05, 0) is 48.5 Å². The van der Waals surface area contributed by atoms with E-state index in [2.05, 4.69) is 9.97 Å². The maximum atomic E-state index is 12.7. The summed E-state index contributed by atoms with van der Waals surface area (Å²) in [6.45, 7) is 0. The zero-order chi connectivity index (χ0) is 21.2. The van der Waals surface area contributed by atoms with Gasteiger partial charge in [0.25, 0.3) is 0 Å². The first-order valence-electron chi connectivity index (χ1n) is 8.31. The normalized spacial score (nSPS) is 12.0. The minimum atomic E-state index is -4.88. The average Bonchev–Trinajstić information content (AvgIpc) is 3.13. The average molecular weight is 426 g/mol. The number of nitrogens with one attached hydrogen (secondary N) is 1. The Labute approximate surface area is 165 Å². The van der Waals surface area contributed by atoms with Gasteiger partial charge in [-0.2, -0.15) is 13.2 Å². The zero-order valence-corrected chi connectivity index (χ0v) is 16.3. The molecule has 0 aliphatic rings. The van der Waals surface area contributed by atoms with Gasteiger partial charge in [0.05, 0.1) is 25.6 Å². The van der Waals surface area contributed by atoms with Gasteiger partial charge in [0.2, 0.25) is 15.0 Å². The number of nitrogens with zero attached hydrogens (tertiary/aromatic N) is 1. The van der Waals surface area contributed by atoms with Crippen LogP contribution in [0, 0.1) is 0 Å². The van der Waals surface area contributed by atoms with E-state index in [1.807, 2.05) is 0 Å². The van der Waals surface area contributed by atoms with Gasteiger partial charge in [-0.25, -0.2) is 13.4 Å². The fourth-order valence-corrected chi connectivity index (χ4v) is 3.76. The lowest BCUT2D eigenvalue weighted by Gasteiger charge is -2.06. The molecule has 0 radical (unpaired) electrons. The number of methoxy groups -OCH3 is 2. The van der Waals surface area contributed by atoms with E-state index in [0.29, 0.717) is 22.6 Å². The second-order valence-corrected chi connectivity index (χ2v) is 8.00. The van der Waals surface area contributed by atoms with E-state index in [1.165, 1.54) is 14.2 Å². The van der Waals surface area contributed by atoms with Crippen molar-refractivity contribution in [2.45, 2.75) is 11.3 Å². The van der Waals surface area contributed by atoms with E-state index in [0.717, 1.165) is 0 Å². The number of benzene rings is 2. The molecule has 1 heterocycles. The van der Waals surface area contributed by atoms with Crippen LogP contribution in [-0.2, 0) is 9.84 Å². The number of H-pyrrole nitrogens is 1. The first-order valence-corrected chi connectivity index (χ1v) is 9.96. The number of sulfone groups is 1. The largest absolute Gasteiger partial charge is 0.497 e. The molecule has 10 heteroatoms. The summed E-state index contributed by atoms with van der Waals surface area (Å²) in [6.07, 6.45) is -4.88. The Morgan fingerprint density at radius 1 is 0.897 bits per heavy atom. The van der Waals surface area contributed by atoms with Gasteiger partial charge in [0.15, 0.2) is 5.75 Å². The molecule has 0 aliphatic carbocycles. The number of hydrogen-bond acceptors (Lipinski definition) is 5. The van der Waals surface area contributed by atoms with Gasteiger partial charge in [0.1, 0.15) is 11.5 Å². The summed E-state index contributed by atoms with van der Waals surface area (Å²) in [5.74, 6) is -0.859. The third kappa shape index (κ3) is 4.70. The third-order valence-corrected chi connectivity index (χ3v) is 5.56. The minimum Gasteiger partial charge on any atom is -0.497 e. The van der Waals surface area contributed by atoms with E-state index >= 15 is 0 Å². The Kier molecular flexibility index (Phi) is 5.56. The zero-order valence-electron chi connectivity index (χ0n) is 15.4. The molecule has 3 aromatic rings. The standard InChI is InChI=1S/C19H17F3N2O4S/c1-27-14-7-3-12(4-8-14)16-17(13-5-9-15(28-2)10-6-13)24-18(23-16)29(25,26)11-19(20,21)22/h3-10H,11H2,1-2H3,(H,23,24). The highest BCUT2D eigenvalue weighted by Gasteiger charge is 2.38. The van der Waals surface area contributed by atoms with Gasteiger partial charge < -0.3 is 14.5 Å². The van der Waals surface area contributed by atoms with Crippen LogP contribution in [0.25, 0.3) is 22.5 Å². The molecule has 0 amide bonds. The minimum absolute atomic E-state index is 0.207. The van der Waals surface area contributed by atoms with Crippen LogP contribution in [0.15, 0.2) is 53.7 Å². The number of ether oxygens (including phenoxy) is 2. The SMILES string of the molecule is COc1ccc(-c2nc(S(=O)(=O)CC(F)(F)F)[nH]c2-c2ccc(OC)cc2)cc1. The Morgan fingerprint density at radius 2 is 1.38 bits per heavy atom. The molecule has 6 nitrogen and oxygen atoms in total. The quantitative estimate of drug-likeness (QED) is 0.642. The number of aromatic amines is 1. The number of alkyl halides is 3. The first-order chi connectivity index (χ1) is 13.6. The molecule has 154 valence electrons. The van der Waals surface area contributed by atoms with Crippen molar-refractivity contribution in [2.24, 2.45) is 0 Å². The van der Waals surface area contributed by atoms with Crippen molar-refractivity contribution in [1.82, 2.24) is 9.97 Å². The number of aromatic nitrogens is 2. The number of imidazole rings is 1. The molecule has 0 spiro atoms. The van der Waals surface area contributed by atoms with Gasteiger partial charge in [-0.15, -0.1) is 0 Å². The third-order valence-electron chi connectivity index (χ3n) is 4.07. The predicted molar refractivity (Wildman–Crippen MR) is 101 cm³/mol. The van der Waals surface area contributed by atoms with Crippen molar-refractivity contribution >= 4 is 9.84 Å². The summed E-state index contributed by atoms with van der Waals surface area (Å²) in [6, 6.07) is 13.2. The molecule has 0 atom stereocenters. The summed E-state index contributed by atoms with van der Waals surface area (Å²) in [7, 11) is -1.71. The molecular formula is C19H17F3N2O4S.